The van der Waals surface area contributed by atoms with Crippen molar-refractivity contribution in [1.82, 2.24) is 10.3 Å². The smallest absolute Gasteiger partial charge is 0.317 e. The molecule has 0 aliphatic heterocycles. The molecule has 1 heterocycles. The van der Waals surface area contributed by atoms with Gasteiger partial charge in [-0.25, -0.2) is 13.4 Å². The van der Waals surface area contributed by atoms with E-state index in [0.717, 1.165) is 11.3 Å². The number of aliphatic carboxylic acids is 1. The van der Waals surface area contributed by atoms with E-state index in [4.69, 9.17) is 9.52 Å². The molecule has 9 heteroatoms. The Hall–Kier alpha value is -3.17. The number of carboxylic acids is 1. The molecule has 8 nitrogen and oxygen atoms in total. The minimum atomic E-state index is -3.63. The van der Waals surface area contributed by atoms with Gasteiger partial charge in [0.05, 0.1) is 17.6 Å². The molecule has 0 radical (unpaired) electrons. The number of anilines is 1. The van der Waals surface area contributed by atoms with Crippen LogP contribution < -0.4 is 10.2 Å². The molecule has 0 atom stereocenters. The summed E-state index contributed by atoms with van der Waals surface area (Å²) in [5.74, 6) is -0.582. The van der Waals surface area contributed by atoms with Gasteiger partial charge >= 0.3 is 5.97 Å². The molecule has 152 valence electrons. The lowest BCUT2D eigenvalue weighted by molar-refractivity contribution is -0.135. The van der Waals surface area contributed by atoms with E-state index >= 15 is 0 Å². The Morgan fingerprint density at radius 1 is 1.07 bits per heavy atom. The summed E-state index contributed by atoms with van der Waals surface area (Å²) in [6.45, 7) is -0.425. The summed E-state index contributed by atoms with van der Waals surface area (Å²) in [7, 11) is 0.299. The molecule has 0 amide bonds. The largest absolute Gasteiger partial charge is 0.480 e. The van der Waals surface area contributed by atoms with Gasteiger partial charge in [0, 0.05) is 30.9 Å². The van der Waals surface area contributed by atoms with Crippen LogP contribution in [0.5, 0.6) is 0 Å². The fourth-order valence-electron chi connectivity index (χ4n) is 2.65. The summed E-state index contributed by atoms with van der Waals surface area (Å²) in [6, 6.07) is 14.0. The van der Waals surface area contributed by atoms with Gasteiger partial charge in [0.15, 0.2) is 15.6 Å². The maximum Gasteiger partial charge on any atom is 0.317 e. The van der Waals surface area contributed by atoms with Gasteiger partial charge in [-0.1, -0.05) is 0 Å². The lowest BCUT2D eigenvalue weighted by atomic mass is 10.1. The SMILES string of the molecule is CN(C)c1ccc(-c2cnc(-c3ccc(S(=O)(=O)CNCC(=O)O)cc3)o2)cc1. The molecule has 0 spiro atoms. The highest BCUT2D eigenvalue weighted by atomic mass is 32.2. The van der Waals surface area contributed by atoms with E-state index in [-0.39, 0.29) is 4.90 Å². The second-order valence-corrected chi connectivity index (χ2v) is 8.56. The quantitative estimate of drug-likeness (QED) is 0.577. The molecule has 0 saturated heterocycles. The average Bonchev–Trinajstić information content (AvgIpc) is 3.18. The number of carbonyl (C=O) groups is 1. The first-order valence-electron chi connectivity index (χ1n) is 8.75. The van der Waals surface area contributed by atoms with Gasteiger partial charge < -0.3 is 14.4 Å². The Kier molecular flexibility index (Phi) is 6.00. The monoisotopic (exact) mass is 415 g/mol. The van der Waals surface area contributed by atoms with Gasteiger partial charge in [-0.2, -0.15) is 0 Å². The van der Waals surface area contributed by atoms with E-state index in [2.05, 4.69) is 10.3 Å². The van der Waals surface area contributed by atoms with Crippen LogP contribution in [0.15, 0.2) is 64.0 Å². The topological polar surface area (TPSA) is 113 Å². The van der Waals surface area contributed by atoms with Gasteiger partial charge in [-0.15, -0.1) is 0 Å². The minimum Gasteiger partial charge on any atom is -0.480 e. The van der Waals surface area contributed by atoms with Crippen LogP contribution in [0.3, 0.4) is 0 Å². The Morgan fingerprint density at radius 2 is 1.69 bits per heavy atom. The fourth-order valence-corrected chi connectivity index (χ4v) is 3.73. The van der Waals surface area contributed by atoms with Crippen molar-refractivity contribution in [3.05, 3.63) is 54.7 Å². The number of nitrogens with zero attached hydrogens (tertiary/aromatic N) is 2. The third-order valence-electron chi connectivity index (χ3n) is 4.20. The van der Waals surface area contributed by atoms with E-state index in [9.17, 15) is 13.2 Å². The number of oxazole rings is 1. The third-order valence-corrected chi connectivity index (χ3v) is 5.78. The van der Waals surface area contributed by atoms with Crippen molar-refractivity contribution in [3.8, 4) is 22.8 Å². The molecule has 3 rings (SSSR count). The van der Waals surface area contributed by atoms with E-state index in [1.807, 2.05) is 43.3 Å². The highest BCUT2D eigenvalue weighted by molar-refractivity contribution is 7.91. The van der Waals surface area contributed by atoms with Crippen LogP contribution in [0.25, 0.3) is 22.8 Å². The summed E-state index contributed by atoms with van der Waals surface area (Å²) in [5, 5.41) is 11.0. The van der Waals surface area contributed by atoms with Crippen LogP contribution >= 0.6 is 0 Å². The van der Waals surface area contributed by atoms with Crippen LogP contribution in [-0.4, -0.2) is 51.0 Å². The summed E-state index contributed by atoms with van der Waals surface area (Å²) >= 11 is 0. The normalized spacial score (nSPS) is 11.4. The Morgan fingerprint density at radius 3 is 2.28 bits per heavy atom. The zero-order valence-electron chi connectivity index (χ0n) is 16.0. The first-order chi connectivity index (χ1) is 13.8. The Bertz CT molecular complexity index is 1090. The highest BCUT2D eigenvalue weighted by Gasteiger charge is 2.16. The molecule has 0 aliphatic carbocycles. The standard InChI is InChI=1S/C20H21N3O5S/c1-23(2)16-7-3-14(4-8-16)18-11-22-20(28-18)15-5-9-17(10-6-15)29(26,27)13-21-12-19(24)25/h3-11,21H,12-13H2,1-2H3,(H,24,25). The van der Waals surface area contributed by atoms with Crippen molar-refractivity contribution < 1.29 is 22.7 Å². The van der Waals surface area contributed by atoms with Crippen molar-refractivity contribution in [2.45, 2.75) is 4.90 Å². The molecule has 0 saturated carbocycles. The number of hydrogen-bond acceptors (Lipinski definition) is 7. The average molecular weight is 415 g/mol. The summed E-state index contributed by atoms with van der Waals surface area (Å²) in [6.07, 6.45) is 1.63. The molecule has 2 N–H and O–H groups in total. The van der Waals surface area contributed by atoms with Crippen LogP contribution in [-0.2, 0) is 14.6 Å². The third kappa shape index (κ3) is 5.01. The van der Waals surface area contributed by atoms with Gasteiger partial charge in [-0.05, 0) is 48.5 Å². The second kappa shape index (κ2) is 8.46. The van der Waals surface area contributed by atoms with Crippen molar-refractivity contribution >= 4 is 21.5 Å². The number of sulfone groups is 1. The van der Waals surface area contributed by atoms with E-state index in [1.165, 1.54) is 12.1 Å². The molecular weight excluding hydrogens is 394 g/mol. The Labute approximate surface area is 168 Å². The highest BCUT2D eigenvalue weighted by Crippen LogP contribution is 2.28. The van der Waals surface area contributed by atoms with Gasteiger partial charge in [0.25, 0.3) is 0 Å². The summed E-state index contributed by atoms with van der Waals surface area (Å²) in [4.78, 5) is 16.9. The molecule has 0 fully saturated rings. The fraction of sp³-hybridized carbons (Fsp3) is 0.200. The van der Waals surface area contributed by atoms with Crippen LogP contribution in [0.1, 0.15) is 0 Å². The number of carboxylic acid groups (broad SMARTS) is 1. The lowest BCUT2D eigenvalue weighted by Gasteiger charge is -2.11. The number of hydrogen-bond donors (Lipinski definition) is 2. The molecule has 3 aromatic rings. The van der Waals surface area contributed by atoms with E-state index in [1.54, 1.807) is 18.3 Å². The predicted octanol–water partition coefficient (Wildman–Crippen LogP) is 2.48. The lowest BCUT2D eigenvalue weighted by Crippen LogP contribution is -2.28. The molecule has 0 bridgehead atoms. The summed E-state index contributed by atoms with van der Waals surface area (Å²) < 4.78 is 30.3. The summed E-state index contributed by atoms with van der Waals surface area (Å²) in [5.41, 5.74) is 2.60. The Balaban J connectivity index is 1.74. The van der Waals surface area contributed by atoms with E-state index in [0.29, 0.717) is 17.2 Å². The second-order valence-electron chi connectivity index (χ2n) is 6.57. The number of nitrogens with one attached hydrogen (secondary N) is 1. The number of aromatic nitrogens is 1. The maximum absolute atomic E-state index is 12.2. The van der Waals surface area contributed by atoms with Crippen molar-refractivity contribution in [2.24, 2.45) is 0 Å². The zero-order valence-corrected chi connectivity index (χ0v) is 16.8. The van der Waals surface area contributed by atoms with Crippen LogP contribution in [0.4, 0.5) is 5.69 Å². The van der Waals surface area contributed by atoms with Crippen molar-refractivity contribution in [1.29, 1.82) is 0 Å². The molecule has 0 aliphatic rings. The molecule has 0 unspecified atom stereocenters. The number of benzene rings is 2. The first-order valence-corrected chi connectivity index (χ1v) is 10.4. The molecule has 29 heavy (non-hydrogen) atoms. The van der Waals surface area contributed by atoms with Crippen molar-refractivity contribution in [2.75, 3.05) is 31.4 Å². The van der Waals surface area contributed by atoms with Gasteiger partial charge in [0.1, 0.15) is 5.88 Å². The molecule has 2 aromatic carbocycles. The first kappa shape index (κ1) is 20.6. The minimum absolute atomic E-state index is 0.0881. The van der Waals surface area contributed by atoms with Gasteiger partial charge in [0.2, 0.25) is 5.89 Å². The number of rotatable bonds is 8. The predicted molar refractivity (Wildman–Crippen MR) is 109 cm³/mol. The molecular formula is C20H21N3O5S. The van der Waals surface area contributed by atoms with Crippen LogP contribution in [0.2, 0.25) is 0 Å². The zero-order chi connectivity index (χ0) is 21.0. The van der Waals surface area contributed by atoms with Gasteiger partial charge in [-0.3, -0.25) is 10.1 Å². The van der Waals surface area contributed by atoms with Crippen LogP contribution in [0, 0.1) is 0 Å². The molecule has 1 aromatic heterocycles. The van der Waals surface area contributed by atoms with E-state index < -0.39 is 28.2 Å². The van der Waals surface area contributed by atoms with Crippen molar-refractivity contribution in [3.63, 3.8) is 0 Å². The maximum atomic E-state index is 12.2.